The lowest BCUT2D eigenvalue weighted by Gasteiger charge is -2.34. The van der Waals surface area contributed by atoms with Gasteiger partial charge in [-0.15, -0.1) is 0 Å². The van der Waals surface area contributed by atoms with Gasteiger partial charge >= 0.3 is 0 Å². The molecule has 0 atom stereocenters. The molecule has 2 amide bonds. The van der Waals surface area contributed by atoms with Gasteiger partial charge in [0.05, 0.1) is 4.92 Å². The summed E-state index contributed by atoms with van der Waals surface area (Å²) in [6.45, 7) is 3.44. The summed E-state index contributed by atoms with van der Waals surface area (Å²) in [7, 11) is 0. The smallest absolute Gasteiger partial charge is 0.283 e. The van der Waals surface area contributed by atoms with Gasteiger partial charge in [-0.05, 0) is 36.2 Å². The molecule has 1 aliphatic rings. The Hall–Kier alpha value is -2.93. The number of piperazine rings is 1. The van der Waals surface area contributed by atoms with Crippen LogP contribution < -0.4 is 0 Å². The second-order valence-electron chi connectivity index (χ2n) is 6.55. The van der Waals surface area contributed by atoms with E-state index in [0.717, 1.165) is 12.0 Å². The number of nitro groups is 1. The molecule has 0 saturated carbocycles. The first-order valence-electron chi connectivity index (χ1n) is 9.02. The molecule has 3 rings (SSSR count). The van der Waals surface area contributed by atoms with Crippen LogP contribution in [-0.4, -0.2) is 52.7 Å². The lowest BCUT2D eigenvalue weighted by Crippen LogP contribution is -2.50. The number of benzene rings is 2. The molecular weight excluding hydrogens is 382 g/mol. The molecule has 1 saturated heterocycles. The van der Waals surface area contributed by atoms with E-state index in [4.69, 9.17) is 11.6 Å². The molecule has 0 N–H and O–H groups in total. The van der Waals surface area contributed by atoms with Crippen molar-refractivity contribution in [1.29, 1.82) is 0 Å². The predicted octanol–water partition coefficient (Wildman–Crippen LogP) is 3.41. The van der Waals surface area contributed by atoms with E-state index in [9.17, 15) is 19.7 Å². The number of carbonyl (C=O) groups is 2. The van der Waals surface area contributed by atoms with Gasteiger partial charge < -0.3 is 9.80 Å². The Labute approximate surface area is 167 Å². The molecule has 2 aromatic rings. The van der Waals surface area contributed by atoms with Crippen LogP contribution in [0.4, 0.5) is 5.69 Å². The lowest BCUT2D eigenvalue weighted by molar-refractivity contribution is -0.385. The van der Waals surface area contributed by atoms with Gasteiger partial charge in [0.15, 0.2) is 0 Å². The minimum atomic E-state index is -0.612. The monoisotopic (exact) mass is 401 g/mol. The van der Waals surface area contributed by atoms with E-state index < -0.39 is 10.8 Å². The molecule has 1 heterocycles. The van der Waals surface area contributed by atoms with Gasteiger partial charge in [-0.1, -0.05) is 30.7 Å². The molecule has 28 heavy (non-hydrogen) atoms. The van der Waals surface area contributed by atoms with Crippen LogP contribution in [0, 0.1) is 10.1 Å². The Kier molecular flexibility index (Phi) is 5.94. The predicted molar refractivity (Wildman–Crippen MR) is 106 cm³/mol. The van der Waals surface area contributed by atoms with Crippen LogP contribution in [0.2, 0.25) is 5.02 Å². The van der Waals surface area contributed by atoms with E-state index in [1.54, 1.807) is 4.90 Å². The van der Waals surface area contributed by atoms with Crippen molar-refractivity contribution in [3.63, 3.8) is 0 Å². The van der Waals surface area contributed by atoms with Crippen molar-refractivity contribution in [3.05, 3.63) is 74.3 Å². The molecule has 0 radical (unpaired) electrons. The summed E-state index contributed by atoms with van der Waals surface area (Å²) in [6.07, 6.45) is 0.909. The second-order valence-corrected chi connectivity index (χ2v) is 6.99. The summed E-state index contributed by atoms with van der Waals surface area (Å²) >= 11 is 5.81. The van der Waals surface area contributed by atoms with E-state index in [1.165, 1.54) is 23.1 Å². The lowest BCUT2D eigenvalue weighted by atomic mass is 10.1. The van der Waals surface area contributed by atoms with E-state index in [1.807, 2.05) is 24.3 Å². The minimum absolute atomic E-state index is 0.00401. The van der Waals surface area contributed by atoms with Gasteiger partial charge in [0.1, 0.15) is 5.56 Å². The van der Waals surface area contributed by atoms with Gasteiger partial charge in [-0.3, -0.25) is 19.7 Å². The summed E-state index contributed by atoms with van der Waals surface area (Å²) in [5.74, 6) is -0.505. The first kappa shape index (κ1) is 19.8. The third-order valence-corrected chi connectivity index (χ3v) is 5.09. The summed E-state index contributed by atoms with van der Waals surface area (Å²) in [5.41, 5.74) is 1.47. The van der Waals surface area contributed by atoms with Gasteiger partial charge in [0.25, 0.3) is 17.5 Å². The number of hydrogen-bond acceptors (Lipinski definition) is 4. The maximum absolute atomic E-state index is 12.7. The molecule has 1 aliphatic heterocycles. The number of carbonyl (C=O) groups excluding carboxylic acids is 2. The van der Waals surface area contributed by atoms with Crippen molar-refractivity contribution >= 4 is 29.1 Å². The van der Waals surface area contributed by atoms with E-state index >= 15 is 0 Å². The highest BCUT2D eigenvalue weighted by Gasteiger charge is 2.29. The highest BCUT2D eigenvalue weighted by molar-refractivity contribution is 6.31. The van der Waals surface area contributed by atoms with Crippen molar-refractivity contribution in [2.75, 3.05) is 26.2 Å². The first-order valence-corrected chi connectivity index (χ1v) is 9.40. The number of halogens is 1. The van der Waals surface area contributed by atoms with Gasteiger partial charge in [0.2, 0.25) is 0 Å². The number of amides is 2. The van der Waals surface area contributed by atoms with Crippen LogP contribution in [-0.2, 0) is 6.42 Å². The molecule has 7 nitrogen and oxygen atoms in total. The number of hydrogen-bond donors (Lipinski definition) is 0. The number of nitro benzene ring substituents is 1. The molecule has 0 spiro atoms. The number of nitrogens with zero attached hydrogens (tertiary/aromatic N) is 3. The average molecular weight is 402 g/mol. The SMILES string of the molecule is CCc1ccc(C(=O)N2CCN(C(=O)c3ccc(Cl)cc3[N+](=O)[O-])CC2)cc1. The van der Waals surface area contributed by atoms with Crippen molar-refractivity contribution in [2.24, 2.45) is 0 Å². The van der Waals surface area contributed by atoms with Crippen molar-refractivity contribution in [1.82, 2.24) is 9.80 Å². The van der Waals surface area contributed by atoms with Crippen LogP contribution in [0.1, 0.15) is 33.2 Å². The van der Waals surface area contributed by atoms with Crippen LogP contribution in [0.3, 0.4) is 0 Å². The van der Waals surface area contributed by atoms with Crippen LogP contribution in [0.15, 0.2) is 42.5 Å². The largest absolute Gasteiger partial charge is 0.335 e. The van der Waals surface area contributed by atoms with E-state index in [-0.39, 0.29) is 22.2 Å². The summed E-state index contributed by atoms with van der Waals surface area (Å²) in [6, 6.07) is 11.5. The molecule has 0 aromatic heterocycles. The second kappa shape index (κ2) is 8.39. The summed E-state index contributed by atoms with van der Waals surface area (Å²) in [4.78, 5) is 39.2. The highest BCUT2D eigenvalue weighted by atomic mass is 35.5. The maximum Gasteiger partial charge on any atom is 0.283 e. The fraction of sp³-hybridized carbons (Fsp3) is 0.300. The standard InChI is InChI=1S/C20H20ClN3O4/c1-2-14-3-5-15(6-4-14)19(25)22-9-11-23(12-10-22)20(26)17-8-7-16(21)13-18(17)24(27)28/h3-8,13H,2,9-12H2,1H3. The van der Waals surface area contributed by atoms with Crippen molar-refractivity contribution < 1.29 is 14.5 Å². The maximum atomic E-state index is 12.7. The summed E-state index contributed by atoms with van der Waals surface area (Å²) in [5, 5.41) is 11.4. The van der Waals surface area contributed by atoms with Crippen molar-refractivity contribution in [2.45, 2.75) is 13.3 Å². The Morgan fingerprint density at radius 1 is 1.00 bits per heavy atom. The molecule has 0 unspecified atom stereocenters. The average Bonchev–Trinajstić information content (AvgIpc) is 2.73. The third-order valence-electron chi connectivity index (χ3n) is 4.85. The van der Waals surface area contributed by atoms with Crippen molar-refractivity contribution in [3.8, 4) is 0 Å². The molecule has 0 aliphatic carbocycles. The quantitative estimate of drug-likeness (QED) is 0.580. The van der Waals surface area contributed by atoms with Gasteiger partial charge in [-0.25, -0.2) is 0 Å². The normalized spacial score (nSPS) is 14.1. The Morgan fingerprint density at radius 3 is 2.11 bits per heavy atom. The zero-order valence-electron chi connectivity index (χ0n) is 15.4. The Balaban J connectivity index is 1.67. The zero-order chi connectivity index (χ0) is 20.3. The van der Waals surface area contributed by atoms with Gasteiger partial charge in [0, 0.05) is 42.8 Å². The van der Waals surface area contributed by atoms with E-state index in [0.29, 0.717) is 31.7 Å². The summed E-state index contributed by atoms with van der Waals surface area (Å²) < 4.78 is 0. The molecule has 8 heteroatoms. The van der Waals surface area contributed by atoms with E-state index in [2.05, 4.69) is 6.92 Å². The third kappa shape index (κ3) is 4.14. The van der Waals surface area contributed by atoms with Crippen LogP contribution >= 0.6 is 11.6 Å². The molecule has 1 fully saturated rings. The Bertz CT molecular complexity index is 906. The number of rotatable bonds is 4. The Morgan fingerprint density at radius 2 is 1.57 bits per heavy atom. The zero-order valence-corrected chi connectivity index (χ0v) is 16.2. The molecule has 2 aromatic carbocycles. The molecule has 0 bridgehead atoms. The minimum Gasteiger partial charge on any atom is -0.335 e. The number of aryl methyl sites for hydroxylation is 1. The molecule has 146 valence electrons. The molecular formula is C20H20ClN3O4. The van der Waals surface area contributed by atoms with Gasteiger partial charge in [-0.2, -0.15) is 0 Å². The van der Waals surface area contributed by atoms with Crippen LogP contribution in [0.25, 0.3) is 0 Å². The fourth-order valence-corrected chi connectivity index (χ4v) is 3.35. The highest BCUT2D eigenvalue weighted by Crippen LogP contribution is 2.25. The first-order chi connectivity index (χ1) is 13.4. The van der Waals surface area contributed by atoms with Crippen LogP contribution in [0.5, 0.6) is 0 Å². The fourth-order valence-electron chi connectivity index (χ4n) is 3.19. The topological polar surface area (TPSA) is 83.8 Å².